The SMILES string of the molecule is CCC(C)CNC(C)c1cc(Br)ccc1F. The van der Waals surface area contributed by atoms with Crippen LogP contribution in [0.2, 0.25) is 0 Å². The van der Waals surface area contributed by atoms with Crippen molar-refractivity contribution in [2.75, 3.05) is 6.54 Å². The molecule has 1 aromatic rings. The van der Waals surface area contributed by atoms with Gasteiger partial charge in [0.15, 0.2) is 0 Å². The summed E-state index contributed by atoms with van der Waals surface area (Å²) < 4.78 is 14.5. The Labute approximate surface area is 106 Å². The van der Waals surface area contributed by atoms with Crippen molar-refractivity contribution < 1.29 is 4.39 Å². The van der Waals surface area contributed by atoms with Crippen LogP contribution in [-0.4, -0.2) is 6.54 Å². The van der Waals surface area contributed by atoms with E-state index < -0.39 is 0 Å². The summed E-state index contributed by atoms with van der Waals surface area (Å²) in [5.41, 5.74) is 0.720. The maximum Gasteiger partial charge on any atom is 0.128 e. The zero-order chi connectivity index (χ0) is 12.1. The molecule has 0 aliphatic heterocycles. The molecule has 0 bridgehead atoms. The molecule has 2 atom stereocenters. The second kappa shape index (κ2) is 6.36. The molecule has 1 nitrogen and oxygen atoms in total. The fraction of sp³-hybridized carbons (Fsp3) is 0.538. The smallest absolute Gasteiger partial charge is 0.128 e. The molecule has 0 saturated heterocycles. The Balaban J connectivity index is 2.65. The second-order valence-corrected chi connectivity index (χ2v) is 5.22. The van der Waals surface area contributed by atoms with Crippen LogP contribution in [0.4, 0.5) is 4.39 Å². The van der Waals surface area contributed by atoms with Crippen molar-refractivity contribution in [1.82, 2.24) is 5.32 Å². The highest BCUT2D eigenvalue weighted by atomic mass is 79.9. The van der Waals surface area contributed by atoms with Crippen molar-refractivity contribution in [3.63, 3.8) is 0 Å². The molecule has 0 fully saturated rings. The molecule has 0 radical (unpaired) electrons. The normalized spacial score (nSPS) is 14.8. The topological polar surface area (TPSA) is 12.0 Å². The lowest BCUT2D eigenvalue weighted by atomic mass is 10.1. The zero-order valence-corrected chi connectivity index (χ0v) is 11.6. The number of rotatable bonds is 5. The van der Waals surface area contributed by atoms with Crippen molar-refractivity contribution in [2.45, 2.75) is 33.2 Å². The largest absolute Gasteiger partial charge is 0.310 e. The Kier molecular flexibility index (Phi) is 5.42. The summed E-state index contributed by atoms with van der Waals surface area (Å²) >= 11 is 3.36. The average Bonchev–Trinajstić information content (AvgIpc) is 2.28. The number of hydrogen-bond acceptors (Lipinski definition) is 1. The highest BCUT2D eigenvalue weighted by Gasteiger charge is 2.11. The van der Waals surface area contributed by atoms with Gasteiger partial charge < -0.3 is 5.32 Å². The van der Waals surface area contributed by atoms with E-state index in [0.717, 1.165) is 23.0 Å². The fourth-order valence-electron chi connectivity index (χ4n) is 1.48. The monoisotopic (exact) mass is 287 g/mol. The van der Waals surface area contributed by atoms with Crippen molar-refractivity contribution in [3.05, 3.63) is 34.1 Å². The molecule has 0 aromatic heterocycles. The summed E-state index contributed by atoms with van der Waals surface area (Å²) in [5, 5.41) is 3.36. The molecule has 3 heteroatoms. The minimum absolute atomic E-state index is 0.0477. The molecule has 16 heavy (non-hydrogen) atoms. The van der Waals surface area contributed by atoms with E-state index in [2.05, 4.69) is 35.1 Å². The Morgan fingerprint density at radius 2 is 2.06 bits per heavy atom. The summed E-state index contributed by atoms with van der Waals surface area (Å²) in [7, 11) is 0. The molecule has 2 unspecified atom stereocenters. The van der Waals surface area contributed by atoms with Crippen LogP contribution in [0, 0.1) is 11.7 Å². The lowest BCUT2D eigenvalue weighted by Crippen LogP contribution is -2.24. The second-order valence-electron chi connectivity index (χ2n) is 4.31. The summed E-state index contributed by atoms with van der Waals surface area (Å²) in [5.74, 6) is 0.477. The first-order valence-corrected chi connectivity index (χ1v) is 6.52. The first-order chi connectivity index (χ1) is 7.54. The van der Waals surface area contributed by atoms with Crippen LogP contribution in [0.15, 0.2) is 22.7 Å². The summed E-state index contributed by atoms with van der Waals surface area (Å²) in [6, 6.07) is 5.11. The van der Waals surface area contributed by atoms with Gasteiger partial charge in [0.25, 0.3) is 0 Å². The van der Waals surface area contributed by atoms with E-state index in [1.807, 2.05) is 13.0 Å². The minimum atomic E-state index is -0.146. The van der Waals surface area contributed by atoms with Crippen LogP contribution in [-0.2, 0) is 0 Å². The van der Waals surface area contributed by atoms with E-state index >= 15 is 0 Å². The minimum Gasteiger partial charge on any atom is -0.310 e. The lowest BCUT2D eigenvalue weighted by molar-refractivity contribution is 0.450. The molecule has 1 rings (SSSR count). The molecular weight excluding hydrogens is 269 g/mol. The fourth-order valence-corrected chi connectivity index (χ4v) is 1.86. The van der Waals surface area contributed by atoms with Crippen molar-refractivity contribution in [1.29, 1.82) is 0 Å². The van der Waals surface area contributed by atoms with Gasteiger partial charge >= 0.3 is 0 Å². The van der Waals surface area contributed by atoms with Crippen LogP contribution in [0.3, 0.4) is 0 Å². The molecule has 0 saturated carbocycles. The van der Waals surface area contributed by atoms with Gasteiger partial charge in [-0.2, -0.15) is 0 Å². The molecule has 1 N–H and O–H groups in total. The van der Waals surface area contributed by atoms with Crippen LogP contribution in [0.25, 0.3) is 0 Å². The quantitative estimate of drug-likeness (QED) is 0.852. The Bertz CT molecular complexity index is 341. The summed E-state index contributed by atoms with van der Waals surface area (Å²) in [4.78, 5) is 0. The van der Waals surface area contributed by atoms with E-state index in [0.29, 0.717) is 5.92 Å². The van der Waals surface area contributed by atoms with Crippen LogP contribution < -0.4 is 5.32 Å². The lowest BCUT2D eigenvalue weighted by Gasteiger charge is -2.18. The zero-order valence-electron chi connectivity index (χ0n) is 10.1. The number of nitrogens with one attached hydrogen (secondary N) is 1. The third-order valence-electron chi connectivity index (χ3n) is 2.89. The van der Waals surface area contributed by atoms with Gasteiger partial charge in [-0.25, -0.2) is 4.39 Å². The highest BCUT2D eigenvalue weighted by Crippen LogP contribution is 2.21. The molecule has 0 spiro atoms. The molecular formula is C13H19BrFN. The summed E-state index contributed by atoms with van der Waals surface area (Å²) in [6.07, 6.45) is 1.14. The third-order valence-corrected chi connectivity index (χ3v) is 3.39. The third kappa shape index (κ3) is 3.87. The number of benzene rings is 1. The van der Waals surface area contributed by atoms with Gasteiger partial charge in [-0.1, -0.05) is 36.2 Å². The Morgan fingerprint density at radius 1 is 1.38 bits per heavy atom. The maximum absolute atomic E-state index is 13.6. The van der Waals surface area contributed by atoms with E-state index in [9.17, 15) is 4.39 Å². The van der Waals surface area contributed by atoms with E-state index in [4.69, 9.17) is 0 Å². The molecule has 0 aliphatic carbocycles. The van der Waals surface area contributed by atoms with Crippen molar-refractivity contribution in [3.8, 4) is 0 Å². The standard InChI is InChI=1S/C13H19BrFN/c1-4-9(2)8-16-10(3)12-7-11(14)5-6-13(12)15/h5-7,9-10,16H,4,8H2,1-3H3. The van der Waals surface area contributed by atoms with E-state index in [-0.39, 0.29) is 11.9 Å². The Morgan fingerprint density at radius 3 is 2.69 bits per heavy atom. The molecule has 0 aliphatic rings. The molecule has 0 amide bonds. The molecule has 90 valence electrons. The first kappa shape index (κ1) is 13.7. The first-order valence-electron chi connectivity index (χ1n) is 5.73. The number of hydrogen-bond donors (Lipinski definition) is 1. The van der Waals surface area contributed by atoms with Gasteiger partial charge in [0.05, 0.1) is 0 Å². The predicted octanol–water partition coefficient (Wildman–Crippen LogP) is 4.28. The van der Waals surface area contributed by atoms with E-state index in [1.54, 1.807) is 6.07 Å². The molecule has 1 aromatic carbocycles. The maximum atomic E-state index is 13.6. The average molecular weight is 288 g/mol. The summed E-state index contributed by atoms with van der Waals surface area (Å²) in [6.45, 7) is 7.27. The van der Waals surface area contributed by atoms with Gasteiger partial charge in [0.2, 0.25) is 0 Å². The van der Waals surface area contributed by atoms with Crippen LogP contribution >= 0.6 is 15.9 Å². The van der Waals surface area contributed by atoms with E-state index in [1.165, 1.54) is 6.07 Å². The van der Waals surface area contributed by atoms with Gasteiger partial charge in [-0.15, -0.1) is 0 Å². The van der Waals surface area contributed by atoms with Gasteiger partial charge in [-0.3, -0.25) is 0 Å². The Hall–Kier alpha value is -0.410. The van der Waals surface area contributed by atoms with Gasteiger partial charge in [0.1, 0.15) is 5.82 Å². The van der Waals surface area contributed by atoms with Gasteiger partial charge in [0, 0.05) is 16.1 Å². The highest BCUT2D eigenvalue weighted by molar-refractivity contribution is 9.10. The number of halogens is 2. The predicted molar refractivity (Wildman–Crippen MR) is 70.0 cm³/mol. The van der Waals surface area contributed by atoms with Crippen LogP contribution in [0.5, 0.6) is 0 Å². The van der Waals surface area contributed by atoms with Gasteiger partial charge in [-0.05, 0) is 37.6 Å². The van der Waals surface area contributed by atoms with Crippen LogP contribution in [0.1, 0.15) is 38.8 Å². The molecule has 0 heterocycles. The van der Waals surface area contributed by atoms with Crippen molar-refractivity contribution >= 4 is 15.9 Å². The van der Waals surface area contributed by atoms with Crippen molar-refractivity contribution in [2.24, 2.45) is 5.92 Å².